The van der Waals surface area contributed by atoms with Gasteiger partial charge in [-0.2, -0.15) is 0 Å². The summed E-state index contributed by atoms with van der Waals surface area (Å²) in [5.74, 6) is 0. The van der Waals surface area contributed by atoms with Crippen LogP contribution in [0.3, 0.4) is 0 Å². The smallest absolute Gasteiger partial charge is 0.0502 e. The summed E-state index contributed by atoms with van der Waals surface area (Å²) < 4.78 is 1.03. The highest BCUT2D eigenvalue weighted by atomic mass is 79.9. The molecule has 0 saturated heterocycles. The molecule has 3 heteroatoms. The molecule has 1 nitrogen and oxygen atoms in total. The molecule has 0 bridgehead atoms. The molecule has 0 aliphatic heterocycles. The molecule has 1 N–H and O–H groups in total. The van der Waals surface area contributed by atoms with Crippen LogP contribution < -0.4 is 5.32 Å². The van der Waals surface area contributed by atoms with E-state index in [4.69, 9.17) is 11.6 Å². The zero-order valence-electron chi connectivity index (χ0n) is 10.4. The van der Waals surface area contributed by atoms with Gasteiger partial charge in [-0.1, -0.05) is 29.8 Å². The van der Waals surface area contributed by atoms with Crippen molar-refractivity contribution in [2.75, 3.05) is 5.32 Å². The summed E-state index contributed by atoms with van der Waals surface area (Å²) in [5, 5.41) is 4.14. The Labute approximate surface area is 121 Å². The van der Waals surface area contributed by atoms with Gasteiger partial charge in [0.15, 0.2) is 0 Å². The minimum absolute atomic E-state index is 0.738. The van der Waals surface area contributed by atoms with Crippen LogP contribution in [-0.2, 0) is 6.54 Å². The molecule has 0 spiro atoms. The SMILES string of the molecule is Cc1cccc(CNc2cc(Cl)ccc2Br)c1C. The highest BCUT2D eigenvalue weighted by molar-refractivity contribution is 9.10. The summed E-state index contributed by atoms with van der Waals surface area (Å²) in [5.41, 5.74) is 4.98. The fourth-order valence-corrected chi connectivity index (χ4v) is 2.39. The molecule has 0 unspecified atom stereocenters. The van der Waals surface area contributed by atoms with E-state index in [1.807, 2.05) is 18.2 Å². The predicted octanol–water partition coefficient (Wildman–Crippen LogP) is 5.33. The van der Waals surface area contributed by atoms with E-state index >= 15 is 0 Å². The lowest BCUT2D eigenvalue weighted by atomic mass is 10.0. The summed E-state index contributed by atoms with van der Waals surface area (Å²) in [6, 6.07) is 12.1. The first-order chi connectivity index (χ1) is 8.58. The van der Waals surface area contributed by atoms with Gasteiger partial charge in [0.1, 0.15) is 0 Å². The van der Waals surface area contributed by atoms with Gasteiger partial charge in [0.25, 0.3) is 0 Å². The van der Waals surface area contributed by atoms with Crippen LogP contribution in [0.15, 0.2) is 40.9 Å². The maximum absolute atomic E-state index is 5.99. The topological polar surface area (TPSA) is 12.0 Å². The normalized spacial score (nSPS) is 10.4. The Morgan fingerprint density at radius 2 is 1.94 bits per heavy atom. The molecule has 0 aliphatic carbocycles. The largest absolute Gasteiger partial charge is 0.380 e. The van der Waals surface area contributed by atoms with E-state index in [9.17, 15) is 0 Å². The molecule has 0 saturated carbocycles. The summed E-state index contributed by atoms with van der Waals surface area (Å²) in [7, 11) is 0. The Balaban J connectivity index is 2.16. The van der Waals surface area contributed by atoms with Gasteiger partial charge in [-0.05, 0) is 64.7 Å². The van der Waals surface area contributed by atoms with E-state index < -0.39 is 0 Å². The Hall–Kier alpha value is -0.990. The Morgan fingerprint density at radius 1 is 1.17 bits per heavy atom. The predicted molar refractivity (Wildman–Crippen MR) is 82.4 cm³/mol. The van der Waals surface area contributed by atoms with Crippen LogP contribution in [0.2, 0.25) is 5.02 Å². The lowest BCUT2D eigenvalue weighted by Gasteiger charge is -2.12. The van der Waals surface area contributed by atoms with Crippen molar-refractivity contribution in [3.63, 3.8) is 0 Å². The maximum atomic E-state index is 5.99. The van der Waals surface area contributed by atoms with Gasteiger partial charge >= 0.3 is 0 Å². The van der Waals surface area contributed by atoms with Crippen LogP contribution in [0.25, 0.3) is 0 Å². The number of nitrogens with one attached hydrogen (secondary N) is 1. The van der Waals surface area contributed by atoms with E-state index in [1.165, 1.54) is 16.7 Å². The third-order valence-electron chi connectivity index (χ3n) is 3.11. The van der Waals surface area contributed by atoms with Crippen LogP contribution in [-0.4, -0.2) is 0 Å². The van der Waals surface area contributed by atoms with E-state index in [0.29, 0.717) is 0 Å². The molecule has 0 aromatic heterocycles. The van der Waals surface area contributed by atoms with Gasteiger partial charge in [-0.25, -0.2) is 0 Å². The van der Waals surface area contributed by atoms with Crippen molar-refractivity contribution in [2.24, 2.45) is 0 Å². The van der Waals surface area contributed by atoms with Crippen molar-refractivity contribution < 1.29 is 0 Å². The van der Waals surface area contributed by atoms with E-state index in [-0.39, 0.29) is 0 Å². The van der Waals surface area contributed by atoms with E-state index in [0.717, 1.165) is 21.7 Å². The van der Waals surface area contributed by atoms with Gasteiger partial charge in [0.2, 0.25) is 0 Å². The second-order valence-corrected chi connectivity index (χ2v) is 5.63. The molecule has 0 amide bonds. The average Bonchev–Trinajstić information content (AvgIpc) is 2.35. The first-order valence-corrected chi connectivity index (χ1v) is 6.99. The fraction of sp³-hybridized carbons (Fsp3) is 0.200. The van der Waals surface area contributed by atoms with Gasteiger partial charge in [0.05, 0.1) is 5.69 Å². The number of hydrogen-bond donors (Lipinski definition) is 1. The van der Waals surface area contributed by atoms with E-state index in [2.05, 4.69) is 53.3 Å². The molecule has 2 rings (SSSR count). The number of aryl methyl sites for hydroxylation is 1. The van der Waals surface area contributed by atoms with Gasteiger partial charge in [0, 0.05) is 16.0 Å². The molecular formula is C15H15BrClN. The quantitative estimate of drug-likeness (QED) is 0.804. The average molecular weight is 325 g/mol. The number of hydrogen-bond acceptors (Lipinski definition) is 1. The van der Waals surface area contributed by atoms with Crippen LogP contribution in [0, 0.1) is 13.8 Å². The van der Waals surface area contributed by atoms with Crippen molar-refractivity contribution in [3.8, 4) is 0 Å². The highest BCUT2D eigenvalue weighted by Gasteiger charge is 2.03. The standard InChI is InChI=1S/C15H15BrClN/c1-10-4-3-5-12(11(10)2)9-18-15-8-13(17)6-7-14(15)16/h3-8,18H,9H2,1-2H3. The molecule has 0 aliphatic rings. The van der Waals surface area contributed by atoms with Crippen molar-refractivity contribution >= 4 is 33.2 Å². The molecule has 0 atom stereocenters. The fourth-order valence-electron chi connectivity index (χ4n) is 1.83. The molecule has 0 heterocycles. The molecule has 2 aromatic carbocycles. The Bertz CT molecular complexity index is 564. The summed E-state index contributed by atoms with van der Waals surface area (Å²) in [4.78, 5) is 0. The molecule has 0 radical (unpaired) electrons. The first kappa shape index (κ1) is 13.4. The second kappa shape index (κ2) is 5.77. The molecular weight excluding hydrogens is 310 g/mol. The van der Waals surface area contributed by atoms with Gasteiger partial charge < -0.3 is 5.32 Å². The van der Waals surface area contributed by atoms with E-state index in [1.54, 1.807) is 0 Å². The summed E-state index contributed by atoms with van der Waals surface area (Å²) in [6.07, 6.45) is 0. The van der Waals surface area contributed by atoms with Crippen molar-refractivity contribution in [1.29, 1.82) is 0 Å². The minimum Gasteiger partial charge on any atom is -0.380 e. The number of benzene rings is 2. The van der Waals surface area contributed by atoms with Crippen LogP contribution in [0.5, 0.6) is 0 Å². The third-order valence-corrected chi connectivity index (χ3v) is 4.04. The monoisotopic (exact) mass is 323 g/mol. The highest BCUT2D eigenvalue weighted by Crippen LogP contribution is 2.26. The van der Waals surface area contributed by atoms with Crippen LogP contribution >= 0.6 is 27.5 Å². The first-order valence-electron chi connectivity index (χ1n) is 5.82. The number of halogens is 2. The zero-order chi connectivity index (χ0) is 13.1. The molecule has 2 aromatic rings. The molecule has 94 valence electrons. The van der Waals surface area contributed by atoms with Crippen molar-refractivity contribution in [1.82, 2.24) is 0 Å². The summed E-state index contributed by atoms with van der Waals surface area (Å²) >= 11 is 9.51. The lowest BCUT2D eigenvalue weighted by molar-refractivity contribution is 1.10. The molecule has 0 fully saturated rings. The van der Waals surface area contributed by atoms with Crippen molar-refractivity contribution in [2.45, 2.75) is 20.4 Å². The van der Waals surface area contributed by atoms with Crippen molar-refractivity contribution in [3.05, 3.63) is 62.6 Å². The van der Waals surface area contributed by atoms with Gasteiger partial charge in [-0.3, -0.25) is 0 Å². The number of anilines is 1. The number of rotatable bonds is 3. The van der Waals surface area contributed by atoms with Crippen LogP contribution in [0.1, 0.15) is 16.7 Å². The second-order valence-electron chi connectivity index (χ2n) is 4.34. The molecule has 18 heavy (non-hydrogen) atoms. The zero-order valence-corrected chi connectivity index (χ0v) is 12.8. The summed E-state index contributed by atoms with van der Waals surface area (Å²) in [6.45, 7) is 5.08. The maximum Gasteiger partial charge on any atom is 0.0502 e. The lowest BCUT2D eigenvalue weighted by Crippen LogP contribution is -2.02. The third kappa shape index (κ3) is 3.06. The van der Waals surface area contributed by atoms with Crippen LogP contribution in [0.4, 0.5) is 5.69 Å². The Morgan fingerprint density at radius 3 is 2.72 bits per heavy atom. The van der Waals surface area contributed by atoms with Gasteiger partial charge in [-0.15, -0.1) is 0 Å². The Kier molecular flexibility index (Phi) is 4.31. The minimum atomic E-state index is 0.738.